The maximum absolute atomic E-state index is 11.8. The van der Waals surface area contributed by atoms with Crippen LogP contribution in [0.15, 0.2) is 42.5 Å². The maximum Gasteiger partial charge on any atom is 0.0958 e. The van der Waals surface area contributed by atoms with Crippen LogP contribution < -0.4 is 0 Å². The topological polar surface area (TPSA) is 20.2 Å². The molecule has 22 heavy (non-hydrogen) atoms. The summed E-state index contributed by atoms with van der Waals surface area (Å²) in [5, 5.41) is 12.6. The van der Waals surface area contributed by atoms with Crippen molar-refractivity contribution in [2.75, 3.05) is 0 Å². The molecular weight excluding hydrogens is 292 g/mol. The van der Waals surface area contributed by atoms with Gasteiger partial charge in [-0.05, 0) is 66.5 Å². The maximum atomic E-state index is 11.8. The van der Waals surface area contributed by atoms with Crippen molar-refractivity contribution in [3.05, 3.63) is 58.7 Å². The lowest BCUT2D eigenvalue weighted by atomic mass is 9.67. The van der Waals surface area contributed by atoms with Gasteiger partial charge in [0.25, 0.3) is 0 Å². The van der Waals surface area contributed by atoms with E-state index < -0.39 is 5.60 Å². The Kier molecular flexibility index (Phi) is 2.73. The largest absolute Gasteiger partial charge is 0.385 e. The summed E-state index contributed by atoms with van der Waals surface area (Å²) >= 11 is 6.57. The fourth-order valence-electron chi connectivity index (χ4n) is 6.03. The van der Waals surface area contributed by atoms with Crippen LogP contribution in [0.2, 0.25) is 5.02 Å². The van der Waals surface area contributed by atoms with E-state index in [-0.39, 0.29) is 5.92 Å². The molecule has 4 saturated carbocycles. The molecule has 5 aliphatic rings. The highest BCUT2D eigenvalue weighted by atomic mass is 35.5. The first-order valence-corrected chi connectivity index (χ1v) is 8.92. The summed E-state index contributed by atoms with van der Waals surface area (Å²) in [7, 11) is 0. The minimum atomic E-state index is -0.651. The fraction of sp³-hybridized carbons (Fsp3) is 0.500. The highest BCUT2D eigenvalue weighted by Crippen LogP contribution is 2.66. The monoisotopic (exact) mass is 312 g/mol. The number of aliphatic hydroxyl groups is 1. The van der Waals surface area contributed by atoms with E-state index in [4.69, 9.17) is 11.6 Å². The Morgan fingerprint density at radius 3 is 2.64 bits per heavy atom. The average molecular weight is 313 g/mol. The second kappa shape index (κ2) is 4.49. The van der Waals surface area contributed by atoms with Crippen LogP contribution in [-0.2, 0) is 5.60 Å². The molecule has 6 rings (SSSR count). The smallest absolute Gasteiger partial charge is 0.0958 e. The predicted octanol–water partition coefficient (Wildman–Crippen LogP) is 4.80. The molecule has 0 amide bonds. The molecule has 0 spiro atoms. The van der Waals surface area contributed by atoms with Gasteiger partial charge >= 0.3 is 0 Å². The fourth-order valence-corrected chi connectivity index (χ4v) is 6.33. The standard InChI is InChI=1S/C20H21ClO/c21-18-7-3-6-16(19(18)13-4-1-2-5-13)20(22)15-9-12-8-14(11-15)17(20)10-12/h1-7,12-15,17,22H,8-11H2. The summed E-state index contributed by atoms with van der Waals surface area (Å²) in [6.07, 6.45) is 13.5. The zero-order valence-corrected chi connectivity index (χ0v) is 13.3. The molecule has 1 N–H and O–H groups in total. The highest BCUT2D eigenvalue weighted by molar-refractivity contribution is 6.31. The first-order chi connectivity index (χ1) is 10.7. The van der Waals surface area contributed by atoms with Crippen LogP contribution in [0.1, 0.15) is 42.7 Å². The second-order valence-electron chi connectivity index (χ2n) is 7.69. The lowest BCUT2D eigenvalue weighted by Crippen LogP contribution is -2.41. The van der Waals surface area contributed by atoms with Gasteiger partial charge in [0.2, 0.25) is 0 Å². The molecule has 5 aliphatic carbocycles. The van der Waals surface area contributed by atoms with Crippen molar-refractivity contribution in [1.29, 1.82) is 0 Å². The third-order valence-electron chi connectivity index (χ3n) is 6.75. The van der Waals surface area contributed by atoms with Gasteiger partial charge in [-0.15, -0.1) is 0 Å². The summed E-state index contributed by atoms with van der Waals surface area (Å²) in [5.41, 5.74) is 1.59. The number of hydrogen-bond donors (Lipinski definition) is 1. The summed E-state index contributed by atoms with van der Waals surface area (Å²) < 4.78 is 0. The van der Waals surface area contributed by atoms with Crippen LogP contribution in [0.5, 0.6) is 0 Å². The molecule has 4 fully saturated rings. The first kappa shape index (κ1) is 13.4. The van der Waals surface area contributed by atoms with Crippen molar-refractivity contribution < 1.29 is 5.11 Å². The van der Waals surface area contributed by atoms with E-state index in [1.54, 1.807) is 0 Å². The normalized spacial score (nSPS) is 41.9. The van der Waals surface area contributed by atoms with E-state index in [9.17, 15) is 5.11 Å². The summed E-state index contributed by atoms with van der Waals surface area (Å²) in [6.45, 7) is 0. The zero-order valence-electron chi connectivity index (χ0n) is 12.6. The molecule has 1 aromatic carbocycles. The Labute approximate surface area is 136 Å². The zero-order chi connectivity index (χ0) is 14.9. The SMILES string of the molecule is OC1(c2cccc(Cl)c2C2C=CC=C2)C2CC3CC(C2)C1C3. The minimum Gasteiger partial charge on any atom is -0.385 e. The molecule has 5 unspecified atom stereocenters. The van der Waals surface area contributed by atoms with Crippen molar-refractivity contribution >= 4 is 11.6 Å². The predicted molar refractivity (Wildman–Crippen MR) is 88.8 cm³/mol. The van der Waals surface area contributed by atoms with Gasteiger partial charge in [-0.3, -0.25) is 0 Å². The van der Waals surface area contributed by atoms with Crippen molar-refractivity contribution in [3.8, 4) is 0 Å². The minimum absolute atomic E-state index is 0.212. The number of allylic oxidation sites excluding steroid dienone is 4. The lowest BCUT2D eigenvalue weighted by Gasteiger charge is -2.42. The van der Waals surface area contributed by atoms with Gasteiger partial charge in [0.15, 0.2) is 0 Å². The molecule has 1 nitrogen and oxygen atoms in total. The molecular formula is C20H21ClO. The molecule has 114 valence electrons. The Bertz CT molecular complexity index is 675. The Hall–Kier alpha value is -1.05. The second-order valence-corrected chi connectivity index (χ2v) is 8.10. The van der Waals surface area contributed by atoms with Crippen LogP contribution in [-0.4, -0.2) is 5.11 Å². The Balaban J connectivity index is 1.68. The van der Waals surface area contributed by atoms with Crippen molar-refractivity contribution in [1.82, 2.24) is 0 Å². The molecule has 0 aromatic heterocycles. The third kappa shape index (κ3) is 1.59. The van der Waals surface area contributed by atoms with E-state index >= 15 is 0 Å². The van der Waals surface area contributed by atoms with Gasteiger partial charge in [-0.2, -0.15) is 0 Å². The molecule has 0 radical (unpaired) electrons. The van der Waals surface area contributed by atoms with Crippen LogP contribution >= 0.6 is 11.6 Å². The first-order valence-electron chi connectivity index (χ1n) is 8.54. The van der Waals surface area contributed by atoms with Crippen molar-refractivity contribution in [3.63, 3.8) is 0 Å². The molecule has 4 bridgehead atoms. The summed E-state index contributed by atoms with van der Waals surface area (Å²) in [5.74, 6) is 2.69. The number of halogens is 1. The average Bonchev–Trinajstić information content (AvgIpc) is 3.17. The van der Waals surface area contributed by atoms with E-state index in [2.05, 4.69) is 30.4 Å². The van der Waals surface area contributed by atoms with Crippen molar-refractivity contribution in [2.45, 2.75) is 37.2 Å². The van der Waals surface area contributed by atoms with E-state index in [1.165, 1.54) is 25.7 Å². The molecule has 0 saturated heterocycles. The third-order valence-corrected chi connectivity index (χ3v) is 7.08. The van der Waals surface area contributed by atoms with Crippen LogP contribution in [0.4, 0.5) is 0 Å². The Morgan fingerprint density at radius 1 is 1.05 bits per heavy atom. The van der Waals surface area contributed by atoms with Crippen LogP contribution in [0.25, 0.3) is 0 Å². The van der Waals surface area contributed by atoms with E-state index in [1.807, 2.05) is 12.1 Å². The lowest BCUT2D eigenvalue weighted by molar-refractivity contribution is -0.0704. The Morgan fingerprint density at radius 2 is 1.86 bits per heavy atom. The molecule has 1 aromatic rings. The van der Waals surface area contributed by atoms with Crippen molar-refractivity contribution in [2.24, 2.45) is 23.7 Å². The number of rotatable bonds is 2. The number of hydrogen-bond acceptors (Lipinski definition) is 1. The molecule has 0 heterocycles. The van der Waals surface area contributed by atoms with Gasteiger partial charge < -0.3 is 5.11 Å². The molecule has 2 heteroatoms. The van der Waals surface area contributed by atoms with E-state index in [0.29, 0.717) is 11.8 Å². The summed E-state index contributed by atoms with van der Waals surface area (Å²) in [6, 6.07) is 6.11. The van der Waals surface area contributed by atoms with Gasteiger partial charge in [0.1, 0.15) is 0 Å². The number of benzene rings is 1. The van der Waals surface area contributed by atoms with Gasteiger partial charge in [-0.25, -0.2) is 0 Å². The van der Waals surface area contributed by atoms with Gasteiger partial charge in [-0.1, -0.05) is 48.0 Å². The molecule has 0 aliphatic heterocycles. The highest BCUT2D eigenvalue weighted by Gasteiger charge is 2.63. The quantitative estimate of drug-likeness (QED) is 0.831. The summed E-state index contributed by atoms with van der Waals surface area (Å²) in [4.78, 5) is 0. The van der Waals surface area contributed by atoms with Crippen LogP contribution in [0, 0.1) is 23.7 Å². The van der Waals surface area contributed by atoms with E-state index in [0.717, 1.165) is 28.0 Å². The van der Waals surface area contributed by atoms with Gasteiger partial charge in [0, 0.05) is 10.9 Å². The van der Waals surface area contributed by atoms with Crippen LogP contribution in [0.3, 0.4) is 0 Å². The van der Waals surface area contributed by atoms with Gasteiger partial charge in [0.05, 0.1) is 5.60 Å². The molecule has 5 atom stereocenters.